The number of benzene rings is 1. The van der Waals surface area contributed by atoms with Crippen LogP contribution in [0.4, 0.5) is 0 Å². The Bertz CT molecular complexity index is 710. The average molecular weight is 395 g/mol. The molecule has 3 aliphatic heterocycles. The lowest BCUT2D eigenvalue weighted by atomic mass is 10.2. The quantitative estimate of drug-likeness (QED) is 0.462. The molecule has 0 aliphatic carbocycles. The molecule has 2 unspecified atom stereocenters. The number of thioether (sulfide) groups is 1. The predicted octanol–water partition coefficient (Wildman–Crippen LogP) is 1.39. The van der Waals surface area contributed by atoms with E-state index in [1.165, 1.54) is 25.6 Å². The molecule has 0 spiro atoms. The Labute approximate surface area is 160 Å². The van der Waals surface area contributed by atoms with Gasteiger partial charge in [-0.25, -0.2) is 14.9 Å². The van der Waals surface area contributed by atoms with Gasteiger partial charge in [-0.2, -0.15) is 0 Å². The van der Waals surface area contributed by atoms with Crippen molar-refractivity contribution in [3.05, 3.63) is 45.5 Å². The zero-order valence-corrected chi connectivity index (χ0v) is 15.9. The number of hydrogen-bond acceptors (Lipinski definition) is 8. The summed E-state index contributed by atoms with van der Waals surface area (Å²) in [7, 11) is 0. The van der Waals surface area contributed by atoms with E-state index in [4.69, 9.17) is 4.74 Å². The molecule has 3 heterocycles. The van der Waals surface area contributed by atoms with Gasteiger partial charge in [-0.05, 0) is 24.1 Å². The van der Waals surface area contributed by atoms with Gasteiger partial charge < -0.3 is 10.1 Å². The first-order valence-electron chi connectivity index (χ1n) is 8.35. The van der Waals surface area contributed by atoms with Gasteiger partial charge in [0.1, 0.15) is 13.2 Å². The third-order valence-corrected chi connectivity index (χ3v) is 5.05. The molecule has 1 N–H and O–H groups in total. The van der Waals surface area contributed by atoms with E-state index in [-0.39, 0.29) is 28.9 Å². The molecule has 1 amide bonds. The first-order chi connectivity index (χ1) is 12.8. The first-order valence-corrected chi connectivity index (χ1v) is 9.23. The zero-order valence-electron chi connectivity index (χ0n) is 15.0. The number of ether oxygens (including phenoxy) is 1. The zero-order chi connectivity index (χ0) is 20.0. The van der Waals surface area contributed by atoms with Gasteiger partial charge in [-0.1, -0.05) is 28.9 Å². The third-order valence-electron chi connectivity index (χ3n) is 4.03. The molecule has 1 saturated heterocycles. The maximum atomic E-state index is 11.0. The van der Waals surface area contributed by atoms with Gasteiger partial charge in [-0.15, -0.1) is 0 Å². The molecule has 0 saturated carbocycles. The number of carbonyl (C=O) groups is 3. The first kappa shape index (κ1) is 20.8. The van der Waals surface area contributed by atoms with Crippen molar-refractivity contribution in [2.24, 2.45) is 0 Å². The van der Waals surface area contributed by atoms with Crippen LogP contribution in [0.1, 0.15) is 36.2 Å². The van der Waals surface area contributed by atoms with Gasteiger partial charge in [0.05, 0.1) is 5.56 Å². The van der Waals surface area contributed by atoms with E-state index in [0.717, 1.165) is 5.56 Å². The van der Waals surface area contributed by atoms with Crippen molar-refractivity contribution in [3.63, 3.8) is 0 Å². The smallest absolute Gasteiger partial charge is 0.338 e. The van der Waals surface area contributed by atoms with E-state index < -0.39 is 10.9 Å². The number of esters is 1. The normalized spacial score (nSPS) is 20.1. The number of amides is 1. The van der Waals surface area contributed by atoms with Crippen molar-refractivity contribution in [2.45, 2.75) is 38.2 Å². The van der Waals surface area contributed by atoms with E-state index in [9.17, 15) is 24.5 Å². The molecule has 0 radical (unpaired) electrons. The SMILES string of the molecule is CC(=O)SC1CNC(CN(C(C)=O)[N+](=O)[O-])C1.O=C1OCc2ccc1cc2. The van der Waals surface area contributed by atoms with E-state index >= 15 is 0 Å². The number of nitro groups is 1. The molecule has 0 aromatic heterocycles. The fourth-order valence-corrected chi connectivity index (χ4v) is 3.71. The number of nitrogens with one attached hydrogen (secondary N) is 1. The van der Waals surface area contributed by atoms with E-state index in [1.807, 2.05) is 12.1 Å². The molecule has 2 atom stereocenters. The Kier molecular flexibility index (Phi) is 7.31. The molecule has 1 fully saturated rings. The molecular weight excluding hydrogens is 374 g/mol. The highest BCUT2D eigenvalue weighted by molar-refractivity contribution is 8.14. The molecule has 3 aliphatic rings. The summed E-state index contributed by atoms with van der Waals surface area (Å²) in [4.78, 5) is 43.4. The van der Waals surface area contributed by atoms with Gasteiger partial charge >= 0.3 is 5.97 Å². The third kappa shape index (κ3) is 6.33. The number of rotatable bonds is 4. The van der Waals surface area contributed by atoms with Crippen LogP contribution in [-0.4, -0.2) is 51.4 Å². The second-order valence-electron chi connectivity index (χ2n) is 6.18. The molecule has 1 aromatic rings. The molecule has 1 aromatic carbocycles. The van der Waals surface area contributed by atoms with E-state index in [0.29, 0.717) is 30.1 Å². The van der Waals surface area contributed by atoms with Crippen LogP contribution in [0.25, 0.3) is 0 Å². The van der Waals surface area contributed by atoms with Crippen molar-refractivity contribution >= 4 is 28.8 Å². The van der Waals surface area contributed by atoms with Crippen molar-refractivity contribution in [1.82, 2.24) is 10.3 Å². The summed E-state index contributed by atoms with van der Waals surface area (Å²) in [6, 6.07) is 7.25. The van der Waals surface area contributed by atoms with Crippen LogP contribution < -0.4 is 5.32 Å². The average Bonchev–Trinajstić information content (AvgIpc) is 2.87. The van der Waals surface area contributed by atoms with E-state index in [1.54, 1.807) is 12.1 Å². The van der Waals surface area contributed by atoms with Gasteiger partial charge in [0.15, 0.2) is 10.1 Å². The van der Waals surface area contributed by atoms with Crippen molar-refractivity contribution in [1.29, 1.82) is 0 Å². The van der Waals surface area contributed by atoms with Gasteiger partial charge in [0, 0.05) is 31.7 Å². The Balaban J connectivity index is 0.000000219. The Morgan fingerprint density at radius 3 is 2.56 bits per heavy atom. The summed E-state index contributed by atoms with van der Waals surface area (Å²) in [5.74, 6) is -0.806. The molecule has 146 valence electrons. The van der Waals surface area contributed by atoms with E-state index in [2.05, 4.69) is 5.32 Å². The Morgan fingerprint density at radius 2 is 2.00 bits per heavy atom. The highest BCUT2D eigenvalue weighted by Crippen LogP contribution is 2.22. The minimum Gasteiger partial charge on any atom is -0.457 e. The fraction of sp³-hybridized carbons (Fsp3) is 0.471. The number of fused-ring (bicyclic) bond motifs is 4. The summed E-state index contributed by atoms with van der Waals surface area (Å²) in [6.45, 7) is 3.75. The summed E-state index contributed by atoms with van der Waals surface area (Å²) in [6.07, 6.45) is 0.655. The minimum absolute atomic E-state index is 0.0372. The summed E-state index contributed by atoms with van der Waals surface area (Å²) in [5.41, 5.74) is 1.69. The van der Waals surface area contributed by atoms with Gasteiger partial charge in [-0.3, -0.25) is 9.59 Å². The minimum atomic E-state index is -0.699. The van der Waals surface area contributed by atoms with Gasteiger partial charge in [0.25, 0.3) is 5.91 Å². The highest BCUT2D eigenvalue weighted by Gasteiger charge is 2.31. The van der Waals surface area contributed by atoms with Crippen LogP contribution in [0.5, 0.6) is 0 Å². The molecule has 27 heavy (non-hydrogen) atoms. The lowest BCUT2D eigenvalue weighted by Crippen LogP contribution is -2.43. The Hall–Kier alpha value is -2.46. The summed E-state index contributed by atoms with van der Waals surface area (Å²) >= 11 is 1.23. The lowest BCUT2D eigenvalue weighted by molar-refractivity contribution is -0.634. The standard InChI is InChI=1S/C9H15N3O4S.C8H6O2/c1-6(13)11(12(15)16)5-8-3-9(4-10-8)17-7(2)14;9-8-7-3-1-6(2-4-7)5-10-8/h8-10H,3-5H2,1-2H3;1-4H,5H2. The van der Waals surface area contributed by atoms with Crippen LogP contribution in [-0.2, 0) is 20.9 Å². The van der Waals surface area contributed by atoms with Crippen LogP contribution >= 0.6 is 11.8 Å². The Morgan fingerprint density at radius 1 is 1.33 bits per heavy atom. The van der Waals surface area contributed by atoms with Crippen molar-refractivity contribution < 1.29 is 24.2 Å². The number of hydrazine groups is 1. The van der Waals surface area contributed by atoms with Crippen LogP contribution in [0, 0.1) is 10.1 Å². The lowest BCUT2D eigenvalue weighted by Gasteiger charge is -2.15. The maximum Gasteiger partial charge on any atom is 0.338 e. The topological polar surface area (TPSA) is 119 Å². The second kappa shape index (κ2) is 9.47. The summed E-state index contributed by atoms with van der Waals surface area (Å²) in [5, 5.41) is 13.8. The molecular formula is C17H21N3O6S. The highest BCUT2D eigenvalue weighted by atomic mass is 32.2. The molecule has 2 bridgehead atoms. The number of nitrogens with zero attached hydrogens (tertiary/aromatic N) is 2. The van der Waals surface area contributed by atoms with Gasteiger partial charge in [0.2, 0.25) is 0 Å². The van der Waals surface area contributed by atoms with Crippen molar-refractivity contribution in [3.8, 4) is 0 Å². The predicted molar refractivity (Wildman–Crippen MR) is 98.4 cm³/mol. The molecule has 10 heteroatoms. The van der Waals surface area contributed by atoms with Crippen LogP contribution in [0.2, 0.25) is 0 Å². The van der Waals surface area contributed by atoms with Crippen LogP contribution in [0.15, 0.2) is 24.3 Å². The fourth-order valence-electron chi connectivity index (χ4n) is 2.73. The number of hydrogen-bond donors (Lipinski definition) is 1. The monoisotopic (exact) mass is 395 g/mol. The molecule has 9 nitrogen and oxygen atoms in total. The maximum absolute atomic E-state index is 11.0. The van der Waals surface area contributed by atoms with Crippen molar-refractivity contribution in [2.75, 3.05) is 13.1 Å². The second-order valence-corrected chi connectivity index (χ2v) is 7.66. The molecule has 4 rings (SSSR count). The number of carbonyl (C=O) groups excluding carboxylic acids is 3. The summed E-state index contributed by atoms with van der Waals surface area (Å²) < 4.78 is 4.85. The van der Waals surface area contributed by atoms with Crippen LogP contribution in [0.3, 0.4) is 0 Å². The largest absolute Gasteiger partial charge is 0.457 e.